The molecular weight excluding hydrogens is 306 g/mol. The molecule has 0 aliphatic carbocycles. The number of nitrogens with one attached hydrogen (secondary N) is 1. The summed E-state index contributed by atoms with van der Waals surface area (Å²) in [7, 11) is 0. The zero-order valence-electron chi connectivity index (χ0n) is 10.1. The SMILES string of the molecule is Brc1cnc(NCCc2cn3ccccc3n2)nc1. The van der Waals surface area contributed by atoms with Crippen molar-refractivity contribution in [3.05, 3.63) is 53.2 Å². The first-order valence-corrected chi connectivity index (χ1v) is 6.74. The number of pyridine rings is 1. The van der Waals surface area contributed by atoms with E-state index in [0.717, 1.165) is 28.8 Å². The molecule has 0 aliphatic heterocycles. The average molecular weight is 318 g/mol. The Hall–Kier alpha value is -1.95. The van der Waals surface area contributed by atoms with Crippen LogP contribution in [0, 0.1) is 0 Å². The van der Waals surface area contributed by atoms with Gasteiger partial charge in [-0.25, -0.2) is 15.0 Å². The molecule has 6 heteroatoms. The van der Waals surface area contributed by atoms with Crippen molar-refractivity contribution in [2.24, 2.45) is 0 Å². The lowest BCUT2D eigenvalue weighted by Crippen LogP contribution is -2.07. The Morgan fingerprint density at radius 1 is 1.21 bits per heavy atom. The van der Waals surface area contributed by atoms with Crippen LogP contribution in [0.3, 0.4) is 0 Å². The summed E-state index contributed by atoms with van der Waals surface area (Å²) >= 11 is 3.30. The summed E-state index contributed by atoms with van der Waals surface area (Å²) in [6.07, 6.45) is 8.32. The van der Waals surface area contributed by atoms with Crippen molar-refractivity contribution in [3.63, 3.8) is 0 Å². The second-order valence-corrected chi connectivity index (χ2v) is 5.02. The number of hydrogen-bond acceptors (Lipinski definition) is 4. The standard InChI is InChI=1S/C13H12BrN5/c14-10-7-16-13(17-8-10)15-5-4-11-9-19-6-2-1-3-12(19)18-11/h1-3,6-9H,4-5H2,(H,15,16,17). The van der Waals surface area contributed by atoms with Gasteiger partial charge in [0.15, 0.2) is 0 Å². The van der Waals surface area contributed by atoms with Crippen molar-refractivity contribution < 1.29 is 0 Å². The highest BCUT2D eigenvalue weighted by Gasteiger charge is 2.01. The highest BCUT2D eigenvalue weighted by molar-refractivity contribution is 9.10. The van der Waals surface area contributed by atoms with Gasteiger partial charge in [0.2, 0.25) is 5.95 Å². The molecule has 0 bridgehead atoms. The van der Waals surface area contributed by atoms with Crippen molar-refractivity contribution in [1.82, 2.24) is 19.4 Å². The van der Waals surface area contributed by atoms with Crippen LogP contribution in [-0.2, 0) is 6.42 Å². The van der Waals surface area contributed by atoms with E-state index in [2.05, 4.69) is 36.2 Å². The molecule has 3 aromatic heterocycles. The van der Waals surface area contributed by atoms with Gasteiger partial charge < -0.3 is 9.72 Å². The molecule has 0 aliphatic rings. The van der Waals surface area contributed by atoms with Gasteiger partial charge in [0.05, 0.1) is 10.2 Å². The lowest BCUT2D eigenvalue weighted by molar-refractivity contribution is 0.953. The predicted octanol–water partition coefficient (Wildman–Crippen LogP) is 2.54. The fourth-order valence-electron chi connectivity index (χ4n) is 1.81. The zero-order valence-corrected chi connectivity index (χ0v) is 11.7. The van der Waals surface area contributed by atoms with E-state index in [1.54, 1.807) is 12.4 Å². The number of fused-ring (bicyclic) bond motifs is 1. The smallest absolute Gasteiger partial charge is 0.222 e. The summed E-state index contributed by atoms with van der Waals surface area (Å²) in [5, 5.41) is 3.17. The normalized spacial score (nSPS) is 10.8. The Bertz CT molecular complexity index is 644. The minimum absolute atomic E-state index is 0.631. The molecule has 0 amide bonds. The van der Waals surface area contributed by atoms with E-state index in [1.807, 2.05) is 35.0 Å². The summed E-state index contributed by atoms with van der Waals surface area (Å²) in [5.74, 6) is 0.631. The first kappa shape index (κ1) is 12.1. The van der Waals surface area contributed by atoms with Crippen LogP contribution < -0.4 is 5.32 Å². The van der Waals surface area contributed by atoms with Crippen LogP contribution in [0.15, 0.2) is 47.5 Å². The summed E-state index contributed by atoms with van der Waals surface area (Å²) < 4.78 is 2.89. The minimum Gasteiger partial charge on any atom is -0.354 e. The van der Waals surface area contributed by atoms with Crippen LogP contribution in [0.5, 0.6) is 0 Å². The Labute approximate surface area is 118 Å². The lowest BCUT2D eigenvalue weighted by Gasteiger charge is -2.02. The molecule has 0 fully saturated rings. The topological polar surface area (TPSA) is 55.1 Å². The third kappa shape index (κ3) is 2.90. The van der Waals surface area contributed by atoms with Crippen LogP contribution in [0.4, 0.5) is 5.95 Å². The van der Waals surface area contributed by atoms with Gasteiger partial charge in [0.25, 0.3) is 0 Å². The molecule has 96 valence electrons. The summed E-state index contributed by atoms with van der Waals surface area (Å²) in [6.45, 7) is 0.755. The lowest BCUT2D eigenvalue weighted by atomic mass is 10.3. The van der Waals surface area contributed by atoms with Crippen molar-refractivity contribution in [1.29, 1.82) is 0 Å². The van der Waals surface area contributed by atoms with E-state index in [-0.39, 0.29) is 0 Å². The molecule has 5 nitrogen and oxygen atoms in total. The van der Waals surface area contributed by atoms with E-state index < -0.39 is 0 Å². The molecule has 1 N–H and O–H groups in total. The van der Waals surface area contributed by atoms with Crippen LogP contribution in [0.25, 0.3) is 5.65 Å². The van der Waals surface area contributed by atoms with Crippen molar-refractivity contribution in [3.8, 4) is 0 Å². The molecule has 3 rings (SSSR count). The maximum atomic E-state index is 4.53. The molecule has 0 aromatic carbocycles. The van der Waals surface area contributed by atoms with Gasteiger partial charge in [-0.15, -0.1) is 0 Å². The number of rotatable bonds is 4. The van der Waals surface area contributed by atoms with Gasteiger partial charge in [-0.05, 0) is 28.1 Å². The number of halogens is 1. The zero-order chi connectivity index (χ0) is 13.1. The highest BCUT2D eigenvalue weighted by Crippen LogP contribution is 2.08. The highest BCUT2D eigenvalue weighted by atomic mass is 79.9. The molecular formula is C13H12BrN5. The van der Waals surface area contributed by atoms with Gasteiger partial charge in [0, 0.05) is 37.8 Å². The Balaban J connectivity index is 1.61. The maximum absolute atomic E-state index is 4.53. The number of hydrogen-bond donors (Lipinski definition) is 1. The van der Waals surface area contributed by atoms with Crippen LogP contribution in [-0.4, -0.2) is 25.9 Å². The predicted molar refractivity (Wildman–Crippen MR) is 77.1 cm³/mol. The minimum atomic E-state index is 0.631. The van der Waals surface area contributed by atoms with E-state index >= 15 is 0 Å². The summed E-state index contributed by atoms with van der Waals surface area (Å²) in [5.41, 5.74) is 2.02. The van der Waals surface area contributed by atoms with Crippen molar-refractivity contribution in [2.75, 3.05) is 11.9 Å². The molecule has 3 aromatic rings. The molecule has 0 spiro atoms. The Kier molecular flexibility index (Phi) is 3.41. The van der Waals surface area contributed by atoms with Gasteiger partial charge >= 0.3 is 0 Å². The van der Waals surface area contributed by atoms with Gasteiger partial charge in [0.1, 0.15) is 5.65 Å². The van der Waals surface area contributed by atoms with E-state index in [4.69, 9.17) is 0 Å². The Morgan fingerprint density at radius 2 is 2.05 bits per heavy atom. The Morgan fingerprint density at radius 3 is 2.84 bits per heavy atom. The molecule has 19 heavy (non-hydrogen) atoms. The van der Waals surface area contributed by atoms with E-state index in [0.29, 0.717) is 5.95 Å². The first-order valence-electron chi connectivity index (χ1n) is 5.95. The summed E-state index contributed by atoms with van der Waals surface area (Å²) in [4.78, 5) is 12.8. The number of nitrogens with zero attached hydrogens (tertiary/aromatic N) is 4. The van der Waals surface area contributed by atoms with Crippen molar-refractivity contribution in [2.45, 2.75) is 6.42 Å². The first-order chi connectivity index (χ1) is 9.31. The third-order valence-electron chi connectivity index (χ3n) is 2.70. The van der Waals surface area contributed by atoms with Crippen LogP contribution in [0.1, 0.15) is 5.69 Å². The number of imidazole rings is 1. The quantitative estimate of drug-likeness (QED) is 0.803. The summed E-state index contributed by atoms with van der Waals surface area (Å²) in [6, 6.07) is 5.97. The molecule has 0 radical (unpaired) electrons. The monoisotopic (exact) mass is 317 g/mol. The number of aromatic nitrogens is 4. The molecule has 0 saturated heterocycles. The second-order valence-electron chi connectivity index (χ2n) is 4.10. The second kappa shape index (κ2) is 5.36. The largest absolute Gasteiger partial charge is 0.354 e. The number of anilines is 1. The fourth-order valence-corrected chi connectivity index (χ4v) is 2.02. The fraction of sp³-hybridized carbons (Fsp3) is 0.154. The van der Waals surface area contributed by atoms with E-state index in [1.165, 1.54) is 0 Å². The van der Waals surface area contributed by atoms with Crippen LogP contribution in [0.2, 0.25) is 0 Å². The van der Waals surface area contributed by atoms with Gasteiger partial charge in [-0.2, -0.15) is 0 Å². The van der Waals surface area contributed by atoms with Gasteiger partial charge in [-0.1, -0.05) is 6.07 Å². The maximum Gasteiger partial charge on any atom is 0.222 e. The van der Waals surface area contributed by atoms with Crippen molar-refractivity contribution >= 4 is 27.5 Å². The third-order valence-corrected chi connectivity index (χ3v) is 3.11. The van der Waals surface area contributed by atoms with Gasteiger partial charge in [-0.3, -0.25) is 0 Å². The van der Waals surface area contributed by atoms with E-state index in [9.17, 15) is 0 Å². The molecule has 3 heterocycles. The molecule has 0 unspecified atom stereocenters. The molecule has 0 atom stereocenters. The average Bonchev–Trinajstić information content (AvgIpc) is 2.83. The van der Waals surface area contributed by atoms with Crippen LogP contribution >= 0.6 is 15.9 Å². The molecule has 0 saturated carbocycles.